The Morgan fingerprint density at radius 3 is 2.21 bits per heavy atom. The van der Waals surface area contributed by atoms with Crippen LogP contribution in [0.15, 0.2) is 36.4 Å². The number of hydrogen-bond donors (Lipinski definition) is 2. The average molecular weight is 326 g/mol. The van der Waals surface area contributed by atoms with Gasteiger partial charge in [0.1, 0.15) is 11.8 Å². The molecular formula is C18H18N2O4. The summed E-state index contributed by atoms with van der Waals surface area (Å²) in [4.78, 5) is 39.0. The van der Waals surface area contributed by atoms with E-state index in [2.05, 4.69) is 5.32 Å². The average Bonchev–Trinajstić information content (AvgIpc) is 3.23. The van der Waals surface area contributed by atoms with E-state index >= 15 is 0 Å². The summed E-state index contributed by atoms with van der Waals surface area (Å²) >= 11 is 0. The summed E-state index contributed by atoms with van der Waals surface area (Å²) in [5.41, 5.74) is 0.505. The number of carbonyl (C=O) groups excluding carboxylic acids is 3. The lowest BCUT2D eigenvalue weighted by molar-refractivity contribution is -0.146. The zero-order chi connectivity index (χ0) is 17.0. The van der Waals surface area contributed by atoms with E-state index < -0.39 is 11.9 Å². The lowest BCUT2D eigenvalue weighted by atomic mass is 9.85. The number of phenols is 1. The van der Waals surface area contributed by atoms with E-state index in [9.17, 15) is 19.5 Å². The molecule has 1 saturated heterocycles. The topological polar surface area (TPSA) is 86.7 Å². The first-order chi connectivity index (χ1) is 11.5. The van der Waals surface area contributed by atoms with E-state index in [4.69, 9.17) is 0 Å². The van der Waals surface area contributed by atoms with E-state index in [-0.39, 0.29) is 41.2 Å². The molecule has 1 aromatic carbocycles. The molecule has 1 heterocycles. The number of nitrogens with one attached hydrogen (secondary N) is 1. The van der Waals surface area contributed by atoms with E-state index in [1.54, 1.807) is 19.1 Å². The van der Waals surface area contributed by atoms with Gasteiger partial charge in [0.15, 0.2) is 0 Å². The molecule has 3 amide bonds. The zero-order valence-corrected chi connectivity index (χ0v) is 13.2. The van der Waals surface area contributed by atoms with E-state index in [1.807, 2.05) is 12.2 Å². The smallest absolute Gasteiger partial charge is 0.247 e. The minimum atomic E-state index is -0.858. The Hall–Kier alpha value is -2.63. The molecule has 6 heteroatoms. The summed E-state index contributed by atoms with van der Waals surface area (Å²) in [5.74, 6) is -1.09. The molecule has 2 aliphatic carbocycles. The van der Waals surface area contributed by atoms with Crippen LogP contribution in [-0.2, 0) is 14.4 Å². The second-order valence-electron chi connectivity index (χ2n) is 6.76. The van der Waals surface area contributed by atoms with Gasteiger partial charge in [-0.1, -0.05) is 12.2 Å². The summed E-state index contributed by atoms with van der Waals surface area (Å²) in [7, 11) is 0. The van der Waals surface area contributed by atoms with Gasteiger partial charge in [-0.2, -0.15) is 0 Å². The molecule has 0 spiro atoms. The third-order valence-corrected chi connectivity index (χ3v) is 5.41. The summed E-state index contributed by atoms with van der Waals surface area (Å²) in [6.07, 6.45) is 4.93. The molecule has 5 unspecified atom stereocenters. The lowest BCUT2D eigenvalue weighted by Crippen LogP contribution is -2.46. The Balaban J connectivity index is 1.51. The molecule has 24 heavy (non-hydrogen) atoms. The molecule has 4 rings (SSSR count). The van der Waals surface area contributed by atoms with Crippen molar-refractivity contribution < 1.29 is 19.5 Å². The van der Waals surface area contributed by atoms with E-state index in [0.29, 0.717) is 5.69 Å². The largest absolute Gasteiger partial charge is 0.508 e. The number of aromatic hydroxyl groups is 1. The fourth-order valence-electron chi connectivity index (χ4n) is 4.22. The summed E-state index contributed by atoms with van der Waals surface area (Å²) < 4.78 is 0. The van der Waals surface area contributed by atoms with Crippen molar-refractivity contribution in [3.63, 3.8) is 0 Å². The number of rotatable bonds is 3. The minimum absolute atomic E-state index is 0.0988. The first-order valence-corrected chi connectivity index (χ1v) is 8.12. The van der Waals surface area contributed by atoms with Crippen molar-refractivity contribution in [1.82, 2.24) is 4.90 Å². The first-order valence-electron chi connectivity index (χ1n) is 8.12. The van der Waals surface area contributed by atoms with Crippen LogP contribution < -0.4 is 5.32 Å². The van der Waals surface area contributed by atoms with E-state index in [1.165, 1.54) is 12.1 Å². The highest BCUT2D eigenvalue weighted by molar-refractivity contribution is 6.10. The van der Waals surface area contributed by atoms with Gasteiger partial charge in [0.05, 0.1) is 11.8 Å². The number of nitrogens with zero attached hydrogens (tertiary/aromatic N) is 1. The quantitative estimate of drug-likeness (QED) is 0.501. The Morgan fingerprint density at radius 1 is 1.12 bits per heavy atom. The van der Waals surface area contributed by atoms with Crippen molar-refractivity contribution in [2.75, 3.05) is 5.32 Å². The number of fused-ring (bicyclic) bond motifs is 5. The molecule has 0 aromatic heterocycles. The Labute approximate surface area is 139 Å². The molecule has 2 bridgehead atoms. The fourth-order valence-corrected chi connectivity index (χ4v) is 4.22. The second-order valence-corrected chi connectivity index (χ2v) is 6.76. The van der Waals surface area contributed by atoms with Crippen LogP contribution in [0.1, 0.15) is 13.3 Å². The normalized spacial score (nSPS) is 31.5. The van der Waals surface area contributed by atoms with Gasteiger partial charge in [-0.05, 0) is 49.4 Å². The molecule has 2 N–H and O–H groups in total. The Kier molecular flexibility index (Phi) is 3.23. The maximum absolute atomic E-state index is 12.7. The predicted octanol–water partition coefficient (Wildman–Crippen LogP) is 1.53. The van der Waals surface area contributed by atoms with Crippen LogP contribution in [0.4, 0.5) is 5.69 Å². The lowest BCUT2D eigenvalue weighted by Gasteiger charge is -2.23. The molecule has 0 radical (unpaired) electrons. The Morgan fingerprint density at radius 2 is 1.67 bits per heavy atom. The zero-order valence-electron chi connectivity index (χ0n) is 13.2. The number of imide groups is 1. The van der Waals surface area contributed by atoms with Gasteiger partial charge in [-0.3, -0.25) is 19.3 Å². The maximum atomic E-state index is 12.7. The molecule has 124 valence electrons. The predicted molar refractivity (Wildman–Crippen MR) is 85.8 cm³/mol. The summed E-state index contributed by atoms with van der Waals surface area (Å²) in [5, 5.41) is 12.0. The molecule has 5 atom stereocenters. The number of allylic oxidation sites excluding steroid dienone is 2. The van der Waals surface area contributed by atoms with Crippen molar-refractivity contribution in [3.05, 3.63) is 36.4 Å². The number of carbonyl (C=O) groups is 3. The number of amides is 3. The second kappa shape index (κ2) is 5.19. The summed E-state index contributed by atoms with van der Waals surface area (Å²) in [6, 6.07) is 5.18. The Bertz CT molecular complexity index is 725. The molecule has 6 nitrogen and oxygen atoms in total. The van der Waals surface area contributed by atoms with Crippen LogP contribution in [-0.4, -0.2) is 33.8 Å². The van der Waals surface area contributed by atoms with Gasteiger partial charge in [0, 0.05) is 5.69 Å². The number of anilines is 1. The van der Waals surface area contributed by atoms with Crippen molar-refractivity contribution in [1.29, 1.82) is 0 Å². The number of phenolic OH excluding ortho intramolecular Hbond substituents is 1. The van der Waals surface area contributed by atoms with Crippen LogP contribution in [0.3, 0.4) is 0 Å². The molecule has 1 aliphatic heterocycles. The highest BCUT2D eigenvalue weighted by Gasteiger charge is 2.60. The van der Waals surface area contributed by atoms with Crippen LogP contribution in [0.2, 0.25) is 0 Å². The van der Waals surface area contributed by atoms with Crippen LogP contribution in [0.5, 0.6) is 5.75 Å². The van der Waals surface area contributed by atoms with Crippen LogP contribution >= 0.6 is 0 Å². The molecular weight excluding hydrogens is 308 g/mol. The molecule has 2 fully saturated rings. The van der Waals surface area contributed by atoms with Gasteiger partial charge in [-0.25, -0.2) is 0 Å². The summed E-state index contributed by atoms with van der Waals surface area (Å²) in [6.45, 7) is 1.57. The van der Waals surface area contributed by atoms with Gasteiger partial charge in [-0.15, -0.1) is 0 Å². The van der Waals surface area contributed by atoms with E-state index in [0.717, 1.165) is 11.3 Å². The monoisotopic (exact) mass is 326 g/mol. The van der Waals surface area contributed by atoms with Crippen molar-refractivity contribution >= 4 is 23.4 Å². The van der Waals surface area contributed by atoms with Gasteiger partial charge >= 0.3 is 0 Å². The van der Waals surface area contributed by atoms with Gasteiger partial charge in [0.2, 0.25) is 17.7 Å². The van der Waals surface area contributed by atoms with Crippen molar-refractivity contribution in [2.24, 2.45) is 23.7 Å². The van der Waals surface area contributed by atoms with Crippen molar-refractivity contribution in [3.8, 4) is 5.75 Å². The number of benzene rings is 1. The van der Waals surface area contributed by atoms with Crippen LogP contribution in [0.25, 0.3) is 0 Å². The molecule has 1 saturated carbocycles. The third-order valence-electron chi connectivity index (χ3n) is 5.41. The van der Waals surface area contributed by atoms with Crippen molar-refractivity contribution in [2.45, 2.75) is 19.4 Å². The SMILES string of the molecule is CC(C(=O)Nc1ccc(O)cc1)N1C(=O)C2C3C=CC(C3)C2C1=O. The van der Waals surface area contributed by atoms with Gasteiger partial charge in [0.25, 0.3) is 0 Å². The standard InChI is InChI=1S/C18H18N2O4/c1-9(16(22)19-12-4-6-13(21)7-5-12)20-17(23)14-10-2-3-11(8-10)15(14)18(20)24/h2-7,9-11,14-15,21H,8H2,1H3,(H,19,22). The fraction of sp³-hybridized carbons (Fsp3) is 0.389. The minimum Gasteiger partial charge on any atom is -0.508 e. The highest BCUT2D eigenvalue weighted by Crippen LogP contribution is 2.52. The number of likely N-dealkylation sites (tertiary alicyclic amines) is 1. The van der Waals surface area contributed by atoms with Gasteiger partial charge < -0.3 is 10.4 Å². The molecule has 3 aliphatic rings. The molecule has 1 aromatic rings. The highest BCUT2D eigenvalue weighted by atomic mass is 16.3. The maximum Gasteiger partial charge on any atom is 0.247 e. The van der Waals surface area contributed by atoms with Crippen LogP contribution in [0, 0.1) is 23.7 Å². The number of hydrogen-bond acceptors (Lipinski definition) is 4. The third kappa shape index (κ3) is 2.06. The first kappa shape index (κ1) is 14.9.